The summed E-state index contributed by atoms with van der Waals surface area (Å²) in [5, 5.41) is 0. The molecule has 2 atom stereocenters. The first-order valence-corrected chi connectivity index (χ1v) is 7.76. The molecule has 2 N–H and O–H groups in total. The average Bonchev–Trinajstić information content (AvgIpc) is 2.63. The molecule has 0 aromatic carbocycles. The van der Waals surface area contributed by atoms with E-state index >= 15 is 0 Å². The summed E-state index contributed by atoms with van der Waals surface area (Å²) in [5.74, 6) is 0.133. The van der Waals surface area contributed by atoms with E-state index in [9.17, 15) is 9.59 Å². The van der Waals surface area contributed by atoms with Crippen LogP contribution >= 0.6 is 0 Å². The molecular formula is C15H24N2O2. The molecule has 2 aliphatic carbocycles. The molecule has 0 aromatic rings. The van der Waals surface area contributed by atoms with Gasteiger partial charge in [-0.05, 0) is 25.7 Å². The molecule has 1 heterocycles. The first kappa shape index (κ1) is 13.1. The van der Waals surface area contributed by atoms with Gasteiger partial charge >= 0.3 is 0 Å². The molecular weight excluding hydrogens is 240 g/mol. The summed E-state index contributed by atoms with van der Waals surface area (Å²) in [4.78, 5) is 26.7. The van der Waals surface area contributed by atoms with Gasteiger partial charge in [0.25, 0.3) is 0 Å². The lowest BCUT2D eigenvalue weighted by molar-refractivity contribution is -0.146. The maximum atomic E-state index is 12.8. The van der Waals surface area contributed by atoms with Gasteiger partial charge in [-0.2, -0.15) is 0 Å². The van der Waals surface area contributed by atoms with Crippen LogP contribution in [0.3, 0.4) is 0 Å². The SMILES string of the molecule is N[C@@H]1CCCC[C@H]1N1C(=O)CC2(CCCCC2)C1=O. The Morgan fingerprint density at radius 3 is 2.37 bits per heavy atom. The number of carbonyl (C=O) groups is 2. The van der Waals surface area contributed by atoms with Crippen LogP contribution in [0, 0.1) is 5.41 Å². The van der Waals surface area contributed by atoms with Crippen molar-refractivity contribution in [3.05, 3.63) is 0 Å². The van der Waals surface area contributed by atoms with Crippen LogP contribution in [0.2, 0.25) is 0 Å². The van der Waals surface area contributed by atoms with Gasteiger partial charge in [-0.25, -0.2) is 0 Å². The van der Waals surface area contributed by atoms with Crippen molar-refractivity contribution >= 4 is 11.8 Å². The lowest BCUT2D eigenvalue weighted by atomic mass is 9.73. The predicted molar refractivity (Wildman–Crippen MR) is 72.2 cm³/mol. The topological polar surface area (TPSA) is 63.4 Å². The molecule has 3 fully saturated rings. The molecule has 4 heteroatoms. The van der Waals surface area contributed by atoms with Gasteiger partial charge in [-0.1, -0.05) is 32.1 Å². The third-order valence-electron chi connectivity index (χ3n) is 5.35. The van der Waals surface area contributed by atoms with Gasteiger partial charge in [-0.15, -0.1) is 0 Å². The molecule has 106 valence electrons. The zero-order chi connectivity index (χ0) is 13.5. The molecule has 0 aromatic heterocycles. The van der Waals surface area contributed by atoms with Crippen LogP contribution in [0.1, 0.15) is 64.2 Å². The molecule has 0 bridgehead atoms. The van der Waals surface area contributed by atoms with Crippen molar-refractivity contribution in [3.63, 3.8) is 0 Å². The second kappa shape index (κ2) is 4.89. The maximum absolute atomic E-state index is 12.8. The maximum Gasteiger partial charge on any atom is 0.236 e. The number of nitrogens with zero attached hydrogens (tertiary/aromatic N) is 1. The lowest BCUT2D eigenvalue weighted by Gasteiger charge is -2.37. The van der Waals surface area contributed by atoms with Crippen LogP contribution < -0.4 is 5.73 Å². The Kier molecular flexibility index (Phi) is 3.37. The van der Waals surface area contributed by atoms with E-state index in [2.05, 4.69) is 0 Å². The van der Waals surface area contributed by atoms with Gasteiger partial charge in [0.2, 0.25) is 11.8 Å². The molecule has 19 heavy (non-hydrogen) atoms. The van der Waals surface area contributed by atoms with Crippen molar-refractivity contribution in [2.45, 2.75) is 76.3 Å². The molecule has 0 radical (unpaired) electrons. The molecule has 1 aliphatic heterocycles. The van der Waals surface area contributed by atoms with Gasteiger partial charge in [0.15, 0.2) is 0 Å². The molecule has 2 saturated carbocycles. The van der Waals surface area contributed by atoms with Crippen molar-refractivity contribution in [1.29, 1.82) is 0 Å². The van der Waals surface area contributed by atoms with Gasteiger partial charge in [-0.3, -0.25) is 14.5 Å². The summed E-state index contributed by atoms with van der Waals surface area (Å²) in [5.41, 5.74) is 5.80. The summed E-state index contributed by atoms with van der Waals surface area (Å²) in [6.07, 6.45) is 9.66. The highest BCUT2D eigenvalue weighted by atomic mass is 16.2. The fourth-order valence-corrected chi connectivity index (χ4v) is 4.23. The minimum Gasteiger partial charge on any atom is -0.326 e. The van der Waals surface area contributed by atoms with Crippen molar-refractivity contribution in [2.75, 3.05) is 0 Å². The average molecular weight is 264 g/mol. The normalized spacial score (nSPS) is 35.1. The number of carbonyl (C=O) groups excluding carboxylic acids is 2. The quantitative estimate of drug-likeness (QED) is 0.736. The number of hydrogen-bond donors (Lipinski definition) is 1. The van der Waals surface area contributed by atoms with Gasteiger partial charge in [0, 0.05) is 12.5 Å². The monoisotopic (exact) mass is 264 g/mol. The van der Waals surface area contributed by atoms with E-state index in [4.69, 9.17) is 5.73 Å². The number of nitrogens with two attached hydrogens (primary N) is 1. The third kappa shape index (κ3) is 2.10. The minimum atomic E-state index is -0.355. The van der Waals surface area contributed by atoms with Crippen molar-refractivity contribution < 1.29 is 9.59 Å². The highest BCUT2D eigenvalue weighted by Crippen LogP contribution is 2.46. The van der Waals surface area contributed by atoms with Crippen LogP contribution in [0.4, 0.5) is 0 Å². The van der Waals surface area contributed by atoms with Crippen LogP contribution in [0.15, 0.2) is 0 Å². The van der Waals surface area contributed by atoms with E-state index in [0.717, 1.165) is 51.4 Å². The van der Waals surface area contributed by atoms with Gasteiger partial charge < -0.3 is 5.73 Å². The Morgan fingerprint density at radius 1 is 1.00 bits per heavy atom. The number of amides is 2. The number of imide groups is 1. The Bertz CT molecular complexity index is 388. The number of likely N-dealkylation sites (tertiary alicyclic amines) is 1. The number of hydrogen-bond acceptors (Lipinski definition) is 3. The van der Waals surface area contributed by atoms with Crippen LogP contribution in [0.5, 0.6) is 0 Å². The summed E-state index contributed by atoms with van der Waals surface area (Å²) >= 11 is 0. The minimum absolute atomic E-state index is 0.0135. The van der Waals surface area contributed by atoms with E-state index < -0.39 is 0 Å². The Morgan fingerprint density at radius 2 is 1.68 bits per heavy atom. The smallest absolute Gasteiger partial charge is 0.236 e. The van der Waals surface area contributed by atoms with E-state index in [1.54, 1.807) is 4.90 Å². The second-order valence-electron chi connectivity index (χ2n) is 6.60. The first-order chi connectivity index (χ1) is 9.14. The Hall–Kier alpha value is -0.900. The standard InChI is InChI=1S/C15H24N2O2/c16-11-6-2-3-7-12(11)17-13(18)10-15(14(17)19)8-4-1-5-9-15/h11-12H,1-10,16H2/t11-,12-/m1/s1. The summed E-state index contributed by atoms with van der Waals surface area (Å²) in [6, 6.07) is -0.0459. The second-order valence-corrected chi connectivity index (χ2v) is 6.60. The zero-order valence-corrected chi connectivity index (χ0v) is 11.6. The Balaban J connectivity index is 1.82. The zero-order valence-electron chi connectivity index (χ0n) is 11.6. The van der Waals surface area contributed by atoms with E-state index in [1.165, 1.54) is 6.42 Å². The molecule has 3 rings (SSSR count). The van der Waals surface area contributed by atoms with Gasteiger partial charge in [0.05, 0.1) is 11.5 Å². The number of rotatable bonds is 1. The highest BCUT2D eigenvalue weighted by Gasteiger charge is 2.54. The third-order valence-corrected chi connectivity index (χ3v) is 5.35. The van der Waals surface area contributed by atoms with Crippen molar-refractivity contribution in [2.24, 2.45) is 11.1 Å². The van der Waals surface area contributed by atoms with Crippen LogP contribution in [-0.2, 0) is 9.59 Å². The molecule has 2 amide bonds. The predicted octanol–water partition coefficient (Wildman–Crippen LogP) is 1.97. The highest BCUT2D eigenvalue weighted by molar-refractivity contribution is 6.06. The molecule has 1 saturated heterocycles. The first-order valence-electron chi connectivity index (χ1n) is 7.76. The van der Waals surface area contributed by atoms with Crippen LogP contribution in [-0.4, -0.2) is 28.8 Å². The molecule has 4 nitrogen and oxygen atoms in total. The van der Waals surface area contributed by atoms with E-state index in [0.29, 0.717) is 6.42 Å². The van der Waals surface area contributed by atoms with Crippen LogP contribution in [0.25, 0.3) is 0 Å². The fourth-order valence-electron chi connectivity index (χ4n) is 4.23. The Labute approximate surface area is 114 Å². The fraction of sp³-hybridized carbons (Fsp3) is 0.867. The largest absolute Gasteiger partial charge is 0.326 e. The van der Waals surface area contributed by atoms with E-state index in [-0.39, 0.29) is 29.3 Å². The van der Waals surface area contributed by atoms with Gasteiger partial charge in [0.1, 0.15) is 0 Å². The summed E-state index contributed by atoms with van der Waals surface area (Å²) in [6.45, 7) is 0. The van der Waals surface area contributed by atoms with Crippen molar-refractivity contribution in [1.82, 2.24) is 4.90 Å². The molecule has 3 aliphatic rings. The molecule has 1 spiro atoms. The summed E-state index contributed by atoms with van der Waals surface area (Å²) < 4.78 is 0. The lowest BCUT2D eigenvalue weighted by Crippen LogP contribution is -2.53. The van der Waals surface area contributed by atoms with Crippen molar-refractivity contribution in [3.8, 4) is 0 Å². The summed E-state index contributed by atoms with van der Waals surface area (Å²) in [7, 11) is 0. The molecule has 0 unspecified atom stereocenters. The van der Waals surface area contributed by atoms with E-state index in [1.807, 2.05) is 0 Å².